The van der Waals surface area contributed by atoms with Crippen LogP contribution in [0, 0.1) is 11.3 Å². The lowest BCUT2D eigenvalue weighted by Crippen LogP contribution is -2.43. The number of methoxy groups -OCH3 is 1. The fourth-order valence-corrected chi connectivity index (χ4v) is 3.36. The van der Waals surface area contributed by atoms with Crippen molar-refractivity contribution in [1.29, 1.82) is 0 Å². The molecule has 0 amide bonds. The average molecular weight is 229 g/mol. The standard InChI is InChI=1S/C12H23NOS/c1-14-8-11-3-6-13(7-11)9-12(10-15)4-2-5-12/h11,15H,2-10H2,1H3. The predicted molar refractivity (Wildman–Crippen MR) is 66.6 cm³/mol. The molecule has 0 spiro atoms. The molecule has 3 heteroatoms. The number of rotatable bonds is 5. The van der Waals surface area contributed by atoms with Crippen LogP contribution in [-0.2, 0) is 4.74 Å². The normalized spacial score (nSPS) is 30.4. The summed E-state index contributed by atoms with van der Waals surface area (Å²) in [6, 6.07) is 0. The lowest BCUT2D eigenvalue weighted by atomic mass is 9.70. The van der Waals surface area contributed by atoms with Crippen LogP contribution in [-0.4, -0.2) is 44.0 Å². The van der Waals surface area contributed by atoms with E-state index in [1.54, 1.807) is 0 Å². The first kappa shape index (κ1) is 11.7. The Kier molecular flexibility index (Phi) is 3.97. The summed E-state index contributed by atoms with van der Waals surface area (Å²) in [5, 5.41) is 0. The van der Waals surface area contributed by atoms with Gasteiger partial charge in [0.25, 0.3) is 0 Å². The minimum absolute atomic E-state index is 0.561. The summed E-state index contributed by atoms with van der Waals surface area (Å²) < 4.78 is 5.23. The van der Waals surface area contributed by atoms with Crippen molar-refractivity contribution >= 4 is 12.6 Å². The van der Waals surface area contributed by atoms with Gasteiger partial charge in [-0.15, -0.1) is 0 Å². The van der Waals surface area contributed by atoms with Crippen LogP contribution in [0.2, 0.25) is 0 Å². The molecule has 1 aliphatic carbocycles. The quantitative estimate of drug-likeness (QED) is 0.725. The summed E-state index contributed by atoms with van der Waals surface area (Å²) in [6.07, 6.45) is 5.51. The molecule has 0 aromatic rings. The van der Waals surface area contributed by atoms with Crippen molar-refractivity contribution in [3.63, 3.8) is 0 Å². The minimum Gasteiger partial charge on any atom is -0.384 e. The van der Waals surface area contributed by atoms with E-state index in [0.717, 1.165) is 18.3 Å². The molecule has 1 saturated heterocycles. The van der Waals surface area contributed by atoms with Gasteiger partial charge < -0.3 is 9.64 Å². The van der Waals surface area contributed by atoms with Crippen molar-refractivity contribution in [3.8, 4) is 0 Å². The van der Waals surface area contributed by atoms with Crippen LogP contribution in [0.4, 0.5) is 0 Å². The number of hydrogen-bond donors (Lipinski definition) is 1. The third-order valence-electron chi connectivity index (χ3n) is 4.08. The number of nitrogens with zero attached hydrogens (tertiary/aromatic N) is 1. The maximum absolute atomic E-state index is 5.23. The van der Waals surface area contributed by atoms with Gasteiger partial charge in [-0.3, -0.25) is 0 Å². The summed E-state index contributed by atoms with van der Waals surface area (Å²) in [6.45, 7) is 4.72. The molecule has 0 bridgehead atoms. The highest BCUT2D eigenvalue weighted by Crippen LogP contribution is 2.43. The molecular formula is C12H23NOS. The Morgan fingerprint density at radius 1 is 1.47 bits per heavy atom. The van der Waals surface area contributed by atoms with Gasteiger partial charge >= 0.3 is 0 Å². The molecule has 2 fully saturated rings. The summed E-state index contributed by atoms with van der Waals surface area (Å²) >= 11 is 4.52. The van der Waals surface area contributed by atoms with Crippen LogP contribution in [0.5, 0.6) is 0 Å². The van der Waals surface area contributed by atoms with Gasteiger partial charge in [-0.25, -0.2) is 0 Å². The van der Waals surface area contributed by atoms with E-state index in [9.17, 15) is 0 Å². The van der Waals surface area contributed by atoms with E-state index >= 15 is 0 Å². The fraction of sp³-hybridized carbons (Fsp3) is 1.00. The second kappa shape index (κ2) is 5.07. The molecular weight excluding hydrogens is 206 g/mol. The monoisotopic (exact) mass is 229 g/mol. The lowest BCUT2D eigenvalue weighted by Gasteiger charge is -2.43. The molecule has 2 rings (SSSR count). The Hall–Kier alpha value is 0.270. The van der Waals surface area contributed by atoms with Crippen LogP contribution < -0.4 is 0 Å². The zero-order valence-electron chi connectivity index (χ0n) is 9.74. The molecule has 0 aromatic carbocycles. The molecule has 0 N–H and O–H groups in total. The minimum atomic E-state index is 0.561. The smallest absolute Gasteiger partial charge is 0.0503 e. The molecule has 2 nitrogen and oxygen atoms in total. The predicted octanol–water partition coefficient (Wildman–Crippen LogP) is 2.05. The Labute approximate surface area is 98.8 Å². The van der Waals surface area contributed by atoms with Crippen molar-refractivity contribution in [3.05, 3.63) is 0 Å². The number of ether oxygens (including phenoxy) is 1. The van der Waals surface area contributed by atoms with Crippen LogP contribution in [0.15, 0.2) is 0 Å². The third kappa shape index (κ3) is 2.69. The average Bonchev–Trinajstić information content (AvgIpc) is 2.60. The number of likely N-dealkylation sites (tertiary alicyclic amines) is 1. The second-order valence-electron chi connectivity index (χ2n) is 5.36. The van der Waals surface area contributed by atoms with Gasteiger partial charge in [-0.2, -0.15) is 12.6 Å². The zero-order valence-corrected chi connectivity index (χ0v) is 10.6. The highest BCUT2D eigenvalue weighted by Gasteiger charge is 2.38. The molecule has 0 radical (unpaired) electrons. The Morgan fingerprint density at radius 2 is 2.27 bits per heavy atom. The van der Waals surface area contributed by atoms with Crippen molar-refractivity contribution in [2.24, 2.45) is 11.3 Å². The van der Waals surface area contributed by atoms with Gasteiger partial charge in [-0.05, 0) is 42.9 Å². The number of thiol groups is 1. The lowest BCUT2D eigenvalue weighted by molar-refractivity contribution is 0.0958. The van der Waals surface area contributed by atoms with E-state index in [-0.39, 0.29) is 0 Å². The van der Waals surface area contributed by atoms with Gasteiger partial charge in [0.2, 0.25) is 0 Å². The SMILES string of the molecule is COCC1CCN(CC2(CS)CCC2)C1. The molecule has 2 aliphatic rings. The zero-order chi connectivity index (χ0) is 10.7. The van der Waals surface area contributed by atoms with Gasteiger partial charge in [0.05, 0.1) is 6.61 Å². The van der Waals surface area contributed by atoms with Crippen molar-refractivity contribution < 1.29 is 4.74 Å². The second-order valence-corrected chi connectivity index (χ2v) is 5.67. The van der Waals surface area contributed by atoms with Crippen LogP contribution in [0.3, 0.4) is 0 Å². The first-order valence-electron chi connectivity index (χ1n) is 6.10. The van der Waals surface area contributed by atoms with Gasteiger partial charge in [-0.1, -0.05) is 6.42 Å². The summed E-state index contributed by atoms with van der Waals surface area (Å²) in [5.41, 5.74) is 0.561. The molecule has 1 heterocycles. The van der Waals surface area contributed by atoms with Crippen molar-refractivity contribution in [2.45, 2.75) is 25.7 Å². The van der Waals surface area contributed by atoms with Crippen molar-refractivity contribution in [2.75, 3.05) is 39.1 Å². The van der Waals surface area contributed by atoms with Crippen LogP contribution >= 0.6 is 12.6 Å². The van der Waals surface area contributed by atoms with Crippen LogP contribution in [0.1, 0.15) is 25.7 Å². The van der Waals surface area contributed by atoms with Gasteiger partial charge in [0, 0.05) is 20.2 Å². The van der Waals surface area contributed by atoms with E-state index in [2.05, 4.69) is 17.5 Å². The maximum Gasteiger partial charge on any atom is 0.0503 e. The maximum atomic E-state index is 5.23. The molecule has 1 saturated carbocycles. The van der Waals surface area contributed by atoms with E-state index in [0.29, 0.717) is 5.41 Å². The highest BCUT2D eigenvalue weighted by molar-refractivity contribution is 7.80. The van der Waals surface area contributed by atoms with E-state index in [4.69, 9.17) is 4.74 Å². The van der Waals surface area contributed by atoms with E-state index < -0.39 is 0 Å². The molecule has 1 aliphatic heterocycles. The number of hydrogen-bond acceptors (Lipinski definition) is 3. The largest absolute Gasteiger partial charge is 0.384 e. The molecule has 0 aromatic heterocycles. The first-order chi connectivity index (χ1) is 7.28. The van der Waals surface area contributed by atoms with E-state index in [1.807, 2.05) is 7.11 Å². The Bertz CT molecular complexity index is 200. The van der Waals surface area contributed by atoms with Crippen molar-refractivity contribution in [1.82, 2.24) is 4.90 Å². The summed E-state index contributed by atoms with van der Waals surface area (Å²) in [7, 11) is 1.81. The fourth-order valence-electron chi connectivity index (χ4n) is 2.95. The topological polar surface area (TPSA) is 12.5 Å². The molecule has 1 unspecified atom stereocenters. The molecule has 88 valence electrons. The summed E-state index contributed by atoms with van der Waals surface area (Å²) in [5.74, 6) is 1.84. The Balaban J connectivity index is 1.76. The summed E-state index contributed by atoms with van der Waals surface area (Å²) in [4.78, 5) is 2.62. The Morgan fingerprint density at radius 3 is 2.80 bits per heavy atom. The third-order valence-corrected chi connectivity index (χ3v) is 4.75. The highest BCUT2D eigenvalue weighted by atomic mass is 32.1. The van der Waals surface area contributed by atoms with Gasteiger partial charge in [0.15, 0.2) is 0 Å². The van der Waals surface area contributed by atoms with Crippen LogP contribution in [0.25, 0.3) is 0 Å². The first-order valence-corrected chi connectivity index (χ1v) is 6.73. The van der Waals surface area contributed by atoms with Gasteiger partial charge in [0.1, 0.15) is 0 Å². The molecule has 15 heavy (non-hydrogen) atoms. The van der Waals surface area contributed by atoms with E-state index in [1.165, 1.54) is 45.3 Å². The molecule has 1 atom stereocenters.